The van der Waals surface area contributed by atoms with Crippen LogP contribution in [0.1, 0.15) is 22.8 Å². The second-order valence-electron chi connectivity index (χ2n) is 3.91. The molecule has 0 aliphatic rings. The first-order valence-electron chi connectivity index (χ1n) is 5.74. The number of esters is 1. The summed E-state index contributed by atoms with van der Waals surface area (Å²) in [7, 11) is 1.29. The molecule has 2 rings (SSSR count). The van der Waals surface area contributed by atoms with Gasteiger partial charge in [-0.3, -0.25) is 9.59 Å². The van der Waals surface area contributed by atoms with Crippen molar-refractivity contribution in [2.75, 3.05) is 7.11 Å². The summed E-state index contributed by atoms with van der Waals surface area (Å²) in [5.41, 5.74) is 0.520. The number of ketones is 1. The predicted molar refractivity (Wildman–Crippen MR) is 66.5 cm³/mol. The maximum atomic E-state index is 12.4. The number of methoxy groups -OCH3 is 1. The van der Waals surface area contributed by atoms with Crippen LogP contribution in [0.5, 0.6) is 0 Å². The van der Waals surface area contributed by atoms with E-state index >= 15 is 0 Å². The van der Waals surface area contributed by atoms with Crippen molar-refractivity contribution < 1.29 is 14.3 Å². The van der Waals surface area contributed by atoms with Gasteiger partial charge >= 0.3 is 5.97 Å². The van der Waals surface area contributed by atoms with E-state index in [1.807, 2.05) is 6.07 Å². The number of aromatic nitrogens is 3. The van der Waals surface area contributed by atoms with Crippen LogP contribution in [0.25, 0.3) is 0 Å². The third-order valence-corrected chi connectivity index (χ3v) is 2.71. The quantitative estimate of drug-likeness (QED) is 0.597. The Labute approximate surface area is 110 Å². The molecular weight excluding hydrogens is 246 g/mol. The lowest BCUT2D eigenvalue weighted by atomic mass is 10.0. The highest BCUT2D eigenvalue weighted by atomic mass is 16.5. The number of benzene rings is 1. The molecule has 0 radical (unpaired) electrons. The molecule has 2 aromatic rings. The number of carbonyl (C=O) groups is 2. The first kappa shape index (κ1) is 12.9. The van der Waals surface area contributed by atoms with E-state index in [4.69, 9.17) is 0 Å². The molecule has 0 saturated carbocycles. The lowest BCUT2D eigenvalue weighted by Gasteiger charge is -2.14. The van der Waals surface area contributed by atoms with Gasteiger partial charge in [-0.1, -0.05) is 35.5 Å². The average molecular weight is 259 g/mol. The van der Waals surface area contributed by atoms with Crippen LogP contribution in [-0.4, -0.2) is 33.9 Å². The Bertz CT molecular complexity index is 552. The maximum absolute atomic E-state index is 12.4. The van der Waals surface area contributed by atoms with Gasteiger partial charge in [-0.2, -0.15) is 0 Å². The van der Waals surface area contributed by atoms with E-state index in [0.717, 1.165) is 0 Å². The molecule has 1 atom stereocenters. The Balaban J connectivity index is 2.28. The molecule has 1 unspecified atom stereocenters. The zero-order valence-electron chi connectivity index (χ0n) is 10.4. The molecule has 0 fully saturated rings. The third-order valence-electron chi connectivity index (χ3n) is 2.71. The highest BCUT2D eigenvalue weighted by Gasteiger charge is 2.25. The summed E-state index contributed by atoms with van der Waals surface area (Å²) in [5.74, 6) is -0.665. The van der Waals surface area contributed by atoms with Gasteiger partial charge < -0.3 is 4.74 Å². The molecule has 1 heterocycles. The summed E-state index contributed by atoms with van der Waals surface area (Å²) in [6.45, 7) is 0. The maximum Gasteiger partial charge on any atom is 0.308 e. The van der Waals surface area contributed by atoms with Crippen LogP contribution in [0, 0.1) is 0 Å². The topological polar surface area (TPSA) is 74.1 Å². The highest BCUT2D eigenvalue weighted by molar-refractivity contribution is 6.00. The van der Waals surface area contributed by atoms with Gasteiger partial charge in [0.15, 0.2) is 5.78 Å². The van der Waals surface area contributed by atoms with Gasteiger partial charge in [-0.25, -0.2) is 4.68 Å². The molecule has 1 aromatic heterocycles. The molecule has 98 valence electrons. The van der Waals surface area contributed by atoms with Crippen molar-refractivity contribution in [3.05, 3.63) is 48.3 Å². The summed E-state index contributed by atoms with van der Waals surface area (Å²) >= 11 is 0. The Morgan fingerprint density at radius 3 is 2.63 bits per heavy atom. The van der Waals surface area contributed by atoms with E-state index in [1.54, 1.807) is 30.5 Å². The Morgan fingerprint density at radius 2 is 2.05 bits per heavy atom. The van der Waals surface area contributed by atoms with E-state index in [-0.39, 0.29) is 12.2 Å². The normalized spacial score (nSPS) is 11.8. The number of hydrogen-bond acceptors (Lipinski definition) is 5. The molecule has 1 aromatic carbocycles. The number of hydrogen-bond donors (Lipinski definition) is 0. The first-order chi connectivity index (χ1) is 9.22. The average Bonchev–Trinajstić information content (AvgIpc) is 2.98. The molecule has 0 bridgehead atoms. The van der Waals surface area contributed by atoms with Gasteiger partial charge in [0.1, 0.15) is 6.04 Å². The Morgan fingerprint density at radius 1 is 1.32 bits per heavy atom. The van der Waals surface area contributed by atoms with Crippen molar-refractivity contribution in [2.45, 2.75) is 12.5 Å². The third kappa shape index (κ3) is 3.04. The van der Waals surface area contributed by atoms with Gasteiger partial charge in [0, 0.05) is 11.8 Å². The molecule has 0 saturated heterocycles. The van der Waals surface area contributed by atoms with Crippen LogP contribution in [0.4, 0.5) is 0 Å². The van der Waals surface area contributed by atoms with Crippen LogP contribution in [0.15, 0.2) is 42.7 Å². The van der Waals surface area contributed by atoms with Gasteiger partial charge in [-0.05, 0) is 0 Å². The van der Waals surface area contributed by atoms with Crippen molar-refractivity contribution in [1.82, 2.24) is 15.0 Å². The van der Waals surface area contributed by atoms with Crippen LogP contribution in [0.2, 0.25) is 0 Å². The predicted octanol–water partition coefficient (Wildman–Crippen LogP) is 1.27. The van der Waals surface area contributed by atoms with E-state index in [0.29, 0.717) is 5.56 Å². The summed E-state index contributed by atoms with van der Waals surface area (Å²) in [6, 6.07) is 8.01. The number of ether oxygens (including phenoxy) is 1. The summed E-state index contributed by atoms with van der Waals surface area (Å²) in [4.78, 5) is 23.8. The van der Waals surface area contributed by atoms with Crippen molar-refractivity contribution in [3.8, 4) is 0 Å². The summed E-state index contributed by atoms with van der Waals surface area (Å²) in [5, 5.41) is 7.45. The largest absolute Gasteiger partial charge is 0.469 e. The van der Waals surface area contributed by atoms with E-state index in [1.165, 1.54) is 18.0 Å². The van der Waals surface area contributed by atoms with Crippen molar-refractivity contribution in [2.24, 2.45) is 0 Å². The van der Waals surface area contributed by atoms with Crippen molar-refractivity contribution >= 4 is 11.8 Å². The number of Topliss-reactive ketones (excluding diaryl/α,β-unsaturated/α-hetero) is 1. The van der Waals surface area contributed by atoms with E-state index < -0.39 is 12.0 Å². The van der Waals surface area contributed by atoms with Crippen LogP contribution in [0.3, 0.4) is 0 Å². The molecule has 6 nitrogen and oxygen atoms in total. The fourth-order valence-corrected chi connectivity index (χ4v) is 1.73. The Hall–Kier alpha value is -2.50. The fraction of sp³-hybridized carbons (Fsp3) is 0.231. The first-order valence-corrected chi connectivity index (χ1v) is 5.74. The molecule has 6 heteroatoms. The number of rotatable bonds is 5. The van der Waals surface area contributed by atoms with Gasteiger partial charge in [0.05, 0.1) is 19.7 Å². The molecular formula is C13H13N3O3. The number of carbonyl (C=O) groups excluding carboxylic acids is 2. The molecule has 0 N–H and O–H groups in total. The standard InChI is InChI=1S/C13H13N3O3/c1-19-12(17)9-11(16-8-7-14-15-16)13(18)10-5-3-2-4-6-10/h2-8,11H,9H2,1H3. The van der Waals surface area contributed by atoms with Crippen LogP contribution in [-0.2, 0) is 9.53 Å². The second-order valence-corrected chi connectivity index (χ2v) is 3.91. The summed E-state index contributed by atoms with van der Waals surface area (Å²) in [6.07, 6.45) is 2.94. The summed E-state index contributed by atoms with van der Waals surface area (Å²) < 4.78 is 5.98. The minimum Gasteiger partial charge on any atom is -0.469 e. The lowest BCUT2D eigenvalue weighted by Crippen LogP contribution is -2.24. The van der Waals surface area contributed by atoms with Crippen molar-refractivity contribution in [1.29, 1.82) is 0 Å². The highest BCUT2D eigenvalue weighted by Crippen LogP contribution is 2.17. The van der Waals surface area contributed by atoms with Gasteiger partial charge in [0.25, 0.3) is 0 Å². The van der Waals surface area contributed by atoms with Crippen molar-refractivity contribution in [3.63, 3.8) is 0 Å². The van der Waals surface area contributed by atoms with Crippen LogP contribution >= 0.6 is 0 Å². The molecule has 19 heavy (non-hydrogen) atoms. The monoisotopic (exact) mass is 259 g/mol. The fourth-order valence-electron chi connectivity index (χ4n) is 1.73. The Kier molecular flexibility index (Phi) is 4.02. The SMILES string of the molecule is COC(=O)CC(C(=O)c1ccccc1)n1ccnn1. The molecule has 0 spiro atoms. The molecule has 0 aliphatic heterocycles. The van der Waals surface area contributed by atoms with Gasteiger partial charge in [0.2, 0.25) is 0 Å². The second kappa shape index (κ2) is 5.90. The zero-order valence-corrected chi connectivity index (χ0v) is 10.4. The lowest BCUT2D eigenvalue weighted by molar-refractivity contribution is -0.141. The van der Waals surface area contributed by atoms with E-state index in [9.17, 15) is 9.59 Å². The number of nitrogens with zero attached hydrogens (tertiary/aromatic N) is 3. The smallest absolute Gasteiger partial charge is 0.308 e. The van der Waals surface area contributed by atoms with E-state index in [2.05, 4.69) is 15.0 Å². The van der Waals surface area contributed by atoms with Gasteiger partial charge in [-0.15, -0.1) is 5.10 Å². The molecule has 0 aliphatic carbocycles. The minimum atomic E-state index is -0.739. The minimum absolute atomic E-state index is 0.0758. The molecule has 0 amide bonds. The van der Waals surface area contributed by atoms with Crippen LogP contribution < -0.4 is 0 Å². The zero-order chi connectivity index (χ0) is 13.7.